The van der Waals surface area contributed by atoms with Crippen LogP contribution >= 0.6 is 22.6 Å². The summed E-state index contributed by atoms with van der Waals surface area (Å²) < 4.78 is 1.17. The van der Waals surface area contributed by atoms with Crippen LogP contribution in [-0.2, 0) is 0 Å². The van der Waals surface area contributed by atoms with E-state index in [4.69, 9.17) is 5.11 Å². The normalized spacial score (nSPS) is 29.3. The highest BCUT2D eigenvalue weighted by atomic mass is 127. The van der Waals surface area contributed by atoms with E-state index < -0.39 is 0 Å². The van der Waals surface area contributed by atoms with Crippen molar-refractivity contribution < 1.29 is 5.11 Å². The molecule has 1 rings (SSSR count). The zero-order chi connectivity index (χ0) is 6.69. The lowest BCUT2D eigenvalue weighted by Gasteiger charge is -2.11. The maximum Gasteiger partial charge on any atom is 0.0679 e. The lowest BCUT2D eigenvalue weighted by Crippen LogP contribution is -2.23. The molecule has 9 heavy (non-hydrogen) atoms. The second kappa shape index (κ2) is 3.73. The number of aliphatic hydroxyl groups excluding tert-OH is 1. The number of nitrogens with zero attached hydrogens (tertiary/aromatic N) is 1. The minimum Gasteiger partial charge on any atom is -0.392 e. The average molecular weight is 241 g/mol. The fraction of sp³-hybridized carbons (Fsp3) is 1.00. The van der Waals surface area contributed by atoms with Crippen LogP contribution in [0.5, 0.6) is 0 Å². The van der Waals surface area contributed by atoms with Gasteiger partial charge in [0.2, 0.25) is 0 Å². The summed E-state index contributed by atoms with van der Waals surface area (Å²) in [5.41, 5.74) is 0. The standard InChI is InChI=1S/C6H12INO/c7-2-4-8-3-1-6(9)5-8/h6,9H,1-5H2. The molecule has 1 fully saturated rings. The Labute approximate surface area is 69.4 Å². The maximum absolute atomic E-state index is 9.08. The van der Waals surface area contributed by atoms with Crippen molar-refractivity contribution in [2.24, 2.45) is 0 Å². The number of halogens is 1. The summed E-state index contributed by atoms with van der Waals surface area (Å²) >= 11 is 2.36. The topological polar surface area (TPSA) is 23.5 Å². The molecule has 1 aliphatic heterocycles. The average Bonchev–Trinajstić information content (AvgIpc) is 2.17. The van der Waals surface area contributed by atoms with Crippen molar-refractivity contribution in [3.8, 4) is 0 Å². The summed E-state index contributed by atoms with van der Waals surface area (Å²) in [5, 5.41) is 9.08. The van der Waals surface area contributed by atoms with E-state index >= 15 is 0 Å². The van der Waals surface area contributed by atoms with E-state index in [0.29, 0.717) is 0 Å². The highest BCUT2D eigenvalue weighted by Crippen LogP contribution is 2.07. The largest absolute Gasteiger partial charge is 0.392 e. The third-order valence-electron chi connectivity index (χ3n) is 1.65. The molecule has 0 amide bonds. The van der Waals surface area contributed by atoms with Crippen LogP contribution in [0.25, 0.3) is 0 Å². The smallest absolute Gasteiger partial charge is 0.0679 e. The third-order valence-corrected chi connectivity index (χ3v) is 2.13. The van der Waals surface area contributed by atoms with Gasteiger partial charge in [0.15, 0.2) is 0 Å². The number of hydrogen-bond donors (Lipinski definition) is 1. The van der Waals surface area contributed by atoms with E-state index in [9.17, 15) is 0 Å². The monoisotopic (exact) mass is 241 g/mol. The summed E-state index contributed by atoms with van der Waals surface area (Å²) in [7, 11) is 0. The molecule has 1 atom stereocenters. The third kappa shape index (κ3) is 2.39. The number of aliphatic hydroxyl groups is 1. The number of hydrogen-bond acceptors (Lipinski definition) is 2. The van der Waals surface area contributed by atoms with Gasteiger partial charge in [-0.15, -0.1) is 0 Å². The Balaban J connectivity index is 2.14. The van der Waals surface area contributed by atoms with E-state index in [-0.39, 0.29) is 6.10 Å². The van der Waals surface area contributed by atoms with Gasteiger partial charge < -0.3 is 5.11 Å². The fourth-order valence-corrected chi connectivity index (χ4v) is 1.82. The van der Waals surface area contributed by atoms with Crippen LogP contribution in [0.4, 0.5) is 0 Å². The van der Waals surface area contributed by atoms with Gasteiger partial charge >= 0.3 is 0 Å². The molecular formula is C6H12INO. The molecule has 0 aliphatic carbocycles. The van der Waals surface area contributed by atoms with E-state index in [0.717, 1.165) is 26.1 Å². The van der Waals surface area contributed by atoms with Crippen LogP contribution in [0.1, 0.15) is 6.42 Å². The van der Waals surface area contributed by atoms with E-state index in [1.54, 1.807) is 0 Å². The van der Waals surface area contributed by atoms with E-state index in [1.165, 1.54) is 4.43 Å². The molecule has 0 saturated carbocycles. The Hall–Kier alpha value is 0.650. The quantitative estimate of drug-likeness (QED) is 0.561. The highest BCUT2D eigenvalue weighted by Gasteiger charge is 2.18. The van der Waals surface area contributed by atoms with Gasteiger partial charge in [-0.1, -0.05) is 22.6 Å². The first-order valence-electron chi connectivity index (χ1n) is 3.29. The molecule has 54 valence electrons. The maximum atomic E-state index is 9.08. The molecule has 1 saturated heterocycles. The first kappa shape index (κ1) is 7.75. The van der Waals surface area contributed by atoms with Crippen molar-refractivity contribution >= 4 is 22.6 Å². The molecule has 2 nitrogen and oxygen atoms in total. The van der Waals surface area contributed by atoms with E-state index in [1.807, 2.05) is 0 Å². The van der Waals surface area contributed by atoms with Crippen molar-refractivity contribution in [2.75, 3.05) is 24.1 Å². The molecule has 0 aromatic rings. The number of β-amino-alcohol motifs (C(OH)–C–C–N with tert-alkyl or cyclic N) is 1. The zero-order valence-electron chi connectivity index (χ0n) is 5.39. The Morgan fingerprint density at radius 2 is 2.44 bits per heavy atom. The van der Waals surface area contributed by atoms with Gasteiger partial charge in [-0.3, -0.25) is 4.90 Å². The molecule has 0 aromatic heterocycles. The van der Waals surface area contributed by atoms with Crippen molar-refractivity contribution in [1.29, 1.82) is 0 Å². The van der Waals surface area contributed by atoms with Gasteiger partial charge in [0, 0.05) is 24.1 Å². The molecule has 1 N–H and O–H groups in total. The van der Waals surface area contributed by atoms with Gasteiger partial charge in [-0.05, 0) is 6.42 Å². The summed E-state index contributed by atoms with van der Waals surface area (Å²) in [6, 6.07) is 0. The number of likely N-dealkylation sites (tertiary alicyclic amines) is 1. The van der Waals surface area contributed by atoms with Crippen molar-refractivity contribution in [3.63, 3.8) is 0 Å². The summed E-state index contributed by atoms with van der Waals surface area (Å²) in [4.78, 5) is 2.30. The molecule has 0 radical (unpaired) electrons. The molecule has 1 heterocycles. The Morgan fingerprint density at radius 3 is 2.89 bits per heavy atom. The lowest BCUT2D eigenvalue weighted by molar-refractivity contribution is 0.178. The Bertz CT molecular complexity index is 87.1. The SMILES string of the molecule is OC1CCN(CCI)C1. The van der Waals surface area contributed by atoms with Gasteiger partial charge in [-0.2, -0.15) is 0 Å². The van der Waals surface area contributed by atoms with E-state index in [2.05, 4.69) is 27.5 Å². The summed E-state index contributed by atoms with van der Waals surface area (Å²) in [5.74, 6) is 0. The van der Waals surface area contributed by atoms with Crippen LogP contribution in [-0.4, -0.2) is 40.2 Å². The van der Waals surface area contributed by atoms with Gasteiger partial charge in [-0.25, -0.2) is 0 Å². The lowest BCUT2D eigenvalue weighted by atomic mass is 10.3. The summed E-state index contributed by atoms with van der Waals surface area (Å²) in [6.07, 6.45) is 0.921. The number of alkyl halides is 1. The molecular weight excluding hydrogens is 229 g/mol. The second-order valence-electron chi connectivity index (χ2n) is 2.43. The molecule has 1 aliphatic rings. The molecule has 0 aromatic carbocycles. The molecule has 0 spiro atoms. The molecule has 3 heteroatoms. The van der Waals surface area contributed by atoms with Crippen LogP contribution in [0.2, 0.25) is 0 Å². The summed E-state index contributed by atoms with van der Waals surface area (Å²) in [6.45, 7) is 3.12. The highest BCUT2D eigenvalue weighted by molar-refractivity contribution is 14.1. The Morgan fingerprint density at radius 1 is 1.67 bits per heavy atom. The van der Waals surface area contributed by atoms with Gasteiger partial charge in [0.1, 0.15) is 0 Å². The van der Waals surface area contributed by atoms with Crippen LogP contribution in [0.3, 0.4) is 0 Å². The molecule has 0 bridgehead atoms. The predicted molar refractivity (Wildman–Crippen MR) is 46.0 cm³/mol. The van der Waals surface area contributed by atoms with Crippen LogP contribution in [0.15, 0.2) is 0 Å². The van der Waals surface area contributed by atoms with Crippen molar-refractivity contribution in [1.82, 2.24) is 4.90 Å². The minimum atomic E-state index is -0.0482. The van der Waals surface area contributed by atoms with Crippen LogP contribution in [0, 0.1) is 0 Å². The van der Waals surface area contributed by atoms with Crippen LogP contribution < -0.4 is 0 Å². The molecule has 1 unspecified atom stereocenters. The number of rotatable bonds is 2. The predicted octanol–water partition coefficient (Wildman–Crippen LogP) is 0.488. The van der Waals surface area contributed by atoms with Gasteiger partial charge in [0.25, 0.3) is 0 Å². The van der Waals surface area contributed by atoms with Gasteiger partial charge in [0.05, 0.1) is 6.10 Å². The first-order valence-corrected chi connectivity index (χ1v) is 4.82. The minimum absolute atomic E-state index is 0.0482. The zero-order valence-corrected chi connectivity index (χ0v) is 7.54. The second-order valence-corrected chi connectivity index (χ2v) is 3.51. The van der Waals surface area contributed by atoms with Crippen molar-refractivity contribution in [2.45, 2.75) is 12.5 Å². The van der Waals surface area contributed by atoms with Crippen molar-refractivity contribution in [3.05, 3.63) is 0 Å². The first-order chi connectivity index (χ1) is 4.33. The Kier molecular flexibility index (Phi) is 3.21. The fourth-order valence-electron chi connectivity index (χ4n) is 1.13.